The Kier molecular flexibility index (Phi) is 7.96. The summed E-state index contributed by atoms with van der Waals surface area (Å²) in [4.78, 5) is 24.5. The molecule has 0 bridgehead atoms. The molecule has 3 aromatic carbocycles. The van der Waals surface area contributed by atoms with E-state index in [1.54, 1.807) is 73.8 Å². The summed E-state index contributed by atoms with van der Waals surface area (Å²) in [5, 5.41) is 8.78. The van der Waals surface area contributed by atoms with E-state index < -0.39 is 0 Å². The smallest absolute Gasteiger partial charge is 0.257 e. The van der Waals surface area contributed by atoms with Crippen molar-refractivity contribution in [3.63, 3.8) is 0 Å². The number of rotatable bonds is 6. The molecule has 3 rings (SSSR count). The number of nitrogens with one attached hydrogen (secondary N) is 3. The van der Waals surface area contributed by atoms with Crippen molar-refractivity contribution in [2.45, 2.75) is 0 Å². The first-order chi connectivity index (χ1) is 15.4. The molecular weight excluding hydrogens is 446 g/mol. The van der Waals surface area contributed by atoms with E-state index in [0.29, 0.717) is 22.0 Å². The monoisotopic (exact) mass is 465 g/mol. The van der Waals surface area contributed by atoms with Crippen molar-refractivity contribution in [3.8, 4) is 5.75 Å². The van der Waals surface area contributed by atoms with Crippen LogP contribution in [0.1, 0.15) is 15.9 Å². The van der Waals surface area contributed by atoms with Gasteiger partial charge in [-0.2, -0.15) is 0 Å². The van der Waals surface area contributed by atoms with Crippen LogP contribution < -0.4 is 20.7 Å². The maximum atomic E-state index is 12.4. The Bertz CT molecular complexity index is 1160. The summed E-state index contributed by atoms with van der Waals surface area (Å²) in [5.41, 5.74) is 2.38. The van der Waals surface area contributed by atoms with E-state index in [1.165, 1.54) is 6.08 Å². The molecule has 0 spiro atoms. The number of halogens is 1. The highest BCUT2D eigenvalue weighted by Gasteiger charge is 2.10. The Labute approximate surface area is 196 Å². The summed E-state index contributed by atoms with van der Waals surface area (Å²) in [5.74, 6) is 0.0380. The van der Waals surface area contributed by atoms with Gasteiger partial charge < -0.3 is 15.4 Å². The molecule has 8 heteroatoms. The van der Waals surface area contributed by atoms with E-state index in [0.717, 1.165) is 11.3 Å². The molecule has 3 aromatic rings. The first kappa shape index (κ1) is 23.0. The predicted molar refractivity (Wildman–Crippen MR) is 132 cm³/mol. The van der Waals surface area contributed by atoms with Gasteiger partial charge in [0.05, 0.1) is 17.7 Å². The fourth-order valence-corrected chi connectivity index (χ4v) is 3.16. The SMILES string of the molecule is COc1ccc(/C=C/C(=O)NC(=S)Nc2cccc(NC(=O)c3ccccc3Cl)c2)cc1. The maximum Gasteiger partial charge on any atom is 0.257 e. The van der Waals surface area contributed by atoms with Crippen LogP contribution >= 0.6 is 23.8 Å². The van der Waals surface area contributed by atoms with Crippen LogP contribution in [0.25, 0.3) is 6.08 Å². The van der Waals surface area contributed by atoms with E-state index in [2.05, 4.69) is 16.0 Å². The molecule has 2 amide bonds. The Morgan fingerprint density at radius 3 is 2.31 bits per heavy atom. The molecule has 0 aromatic heterocycles. The normalized spacial score (nSPS) is 10.4. The number of methoxy groups -OCH3 is 1. The lowest BCUT2D eigenvalue weighted by Crippen LogP contribution is -2.32. The molecule has 0 unspecified atom stereocenters. The van der Waals surface area contributed by atoms with Gasteiger partial charge in [0.15, 0.2) is 5.11 Å². The van der Waals surface area contributed by atoms with Crippen LogP contribution in [0.4, 0.5) is 11.4 Å². The van der Waals surface area contributed by atoms with Gasteiger partial charge in [0, 0.05) is 17.5 Å². The second kappa shape index (κ2) is 11.1. The predicted octanol–water partition coefficient (Wildman–Crippen LogP) is 5.13. The van der Waals surface area contributed by atoms with E-state index in [4.69, 9.17) is 28.6 Å². The Balaban J connectivity index is 1.55. The molecule has 162 valence electrons. The second-order valence-corrected chi connectivity index (χ2v) is 7.38. The molecular formula is C24H20ClN3O3S. The summed E-state index contributed by atoms with van der Waals surface area (Å²) in [6, 6.07) is 21.0. The quantitative estimate of drug-likeness (QED) is 0.347. The number of ether oxygens (including phenoxy) is 1. The molecule has 0 saturated heterocycles. The fourth-order valence-electron chi connectivity index (χ4n) is 2.72. The van der Waals surface area contributed by atoms with Gasteiger partial charge in [-0.05, 0) is 66.3 Å². The van der Waals surface area contributed by atoms with Crippen LogP contribution in [-0.4, -0.2) is 24.0 Å². The summed E-state index contributed by atoms with van der Waals surface area (Å²) in [7, 11) is 1.59. The summed E-state index contributed by atoms with van der Waals surface area (Å²) in [6.07, 6.45) is 3.05. The number of hydrogen-bond acceptors (Lipinski definition) is 4. The topological polar surface area (TPSA) is 79.5 Å². The van der Waals surface area contributed by atoms with E-state index in [-0.39, 0.29) is 16.9 Å². The van der Waals surface area contributed by atoms with Gasteiger partial charge in [0.1, 0.15) is 5.75 Å². The number of carbonyl (C=O) groups is 2. The molecule has 0 aliphatic carbocycles. The van der Waals surface area contributed by atoms with Gasteiger partial charge >= 0.3 is 0 Å². The molecule has 0 aliphatic heterocycles. The minimum atomic E-state index is -0.374. The van der Waals surface area contributed by atoms with Crippen LogP contribution in [0.5, 0.6) is 5.75 Å². The van der Waals surface area contributed by atoms with E-state index in [9.17, 15) is 9.59 Å². The standard InChI is InChI=1S/C24H20ClN3O3S/c1-31-19-12-9-16(10-13-19)11-14-22(29)28-24(32)27-18-6-4-5-17(15-18)26-23(30)20-7-2-3-8-21(20)25/h2-15H,1H3,(H,26,30)(H2,27,28,29,32)/b14-11+. The third-order valence-corrected chi connectivity index (χ3v) is 4.81. The number of thiocarbonyl (C=S) groups is 1. The Hall–Kier alpha value is -3.68. The summed E-state index contributed by atoms with van der Waals surface area (Å²) < 4.78 is 5.10. The van der Waals surface area contributed by atoms with Crippen molar-refractivity contribution in [3.05, 3.63) is 95.0 Å². The fraction of sp³-hybridized carbons (Fsp3) is 0.0417. The largest absolute Gasteiger partial charge is 0.497 e. The van der Waals surface area contributed by atoms with Crippen LogP contribution in [0.3, 0.4) is 0 Å². The van der Waals surface area contributed by atoms with E-state index >= 15 is 0 Å². The maximum absolute atomic E-state index is 12.4. The lowest BCUT2D eigenvalue weighted by Gasteiger charge is -2.11. The third-order valence-electron chi connectivity index (χ3n) is 4.28. The molecule has 0 aliphatic rings. The molecule has 0 atom stereocenters. The zero-order chi connectivity index (χ0) is 22.9. The van der Waals surface area contributed by atoms with Gasteiger partial charge in [-0.1, -0.05) is 41.9 Å². The van der Waals surface area contributed by atoms with Gasteiger partial charge in [0.2, 0.25) is 5.91 Å². The van der Waals surface area contributed by atoms with Crippen LogP contribution in [0.15, 0.2) is 78.9 Å². The first-order valence-corrected chi connectivity index (χ1v) is 10.3. The highest BCUT2D eigenvalue weighted by molar-refractivity contribution is 7.80. The highest BCUT2D eigenvalue weighted by Crippen LogP contribution is 2.19. The molecule has 0 heterocycles. The Morgan fingerprint density at radius 2 is 1.62 bits per heavy atom. The number of amides is 2. The van der Waals surface area contributed by atoms with Crippen molar-refractivity contribution < 1.29 is 14.3 Å². The zero-order valence-electron chi connectivity index (χ0n) is 17.1. The highest BCUT2D eigenvalue weighted by atomic mass is 35.5. The number of anilines is 2. The minimum Gasteiger partial charge on any atom is -0.497 e. The van der Waals surface area contributed by atoms with Crippen molar-refractivity contribution in [2.24, 2.45) is 0 Å². The first-order valence-electron chi connectivity index (χ1n) is 9.54. The number of carbonyl (C=O) groups excluding carboxylic acids is 2. The molecule has 32 heavy (non-hydrogen) atoms. The second-order valence-electron chi connectivity index (χ2n) is 6.56. The average Bonchev–Trinajstić information content (AvgIpc) is 2.78. The van der Waals surface area contributed by atoms with Crippen LogP contribution in [-0.2, 0) is 4.79 Å². The lowest BCUT2D eigenvalue weighted by atomic mass is 10.2. The van der Waals surface area contributed by atoms with Crippen molar-refractivity contribution >= 4 is 58.2 Å². The third kappa shape index (κ3) is 6.66. The molecule has 6 nitrogen and oxygen atoms in total. The summed E-state index contributed by atoms with van der Waals surface area (Å²) in [6.45, 7) is 0. The Morgan fingerprint density at radius 1 is 0.938 bits per heavy atom. The van der Waals surface area contributed by atoms with Crippen LogP contribution in [0.2, 0.25) is 5.02 Å². The molecule has 0 saturated carbocycles. The van der Waals surface area contributed by atoms with Gasteiger partial charge in [-0.3, -0.25) is 14.9 Å². The minimum absolute atomic E-state index is 0.129. The average molecular weight is 466 g/mol. The number of benzene rings is 3. The van der Waals surface area contributed by atoms with Crippen molar-refractivity contribution in [2.75, 3.05) is 17.7 Å². The van der Waals surface area contributed by atoms with E-state index in [1.807, 2.05) is 12.1 Å². The number of hydrogen-bond donors (Lipinski definition) is 3. The molecule has 0 radical (unpaired) electrons. The zero-order valence-corrected chi connectivity index (χ0v) is 18.7. The lowest BCUT2D eigenvalue weighted by molar-refractivity contribution is -0.115. The van der Waals surface area contributed by atoms with Crippen molar-refractivity contribution in [1.29, 1.82) is 0 Å². The van der Waals surface area contributed by atoms with Crippen molar-refractivity contribution in [1.82, 2.24) is 5.32 Å². The van der Waals surface area contributed by atoms with Gasteiger partial charge in [0.25, 0.3) is 5.91 Å². The van der Waals surface area contributed by atoms with Gasteiger partial charge in [-0.15, -0.1) is 0 Å². The van der Waals surface area contributed by atoms with Gasteiger partial charge in [-0.25, -0.2) is 0 Å². The van der Waals surface area contributed by atoms with Crippen LogP contribution in [0, 0.1) is 0 Å². The summed E-state index contributed by atoms with van der Waals surface area (Å²) >= 11 is 11.3. The molecule has 3 N–H and O–H groups in total. The molecule has 0 fully saturated rings.